The minimum atomic E-state index is -0.775. The number of rotatable bonds is 3. The highest BCUT2D eigenvalue weighted by molar-refractivity contribution is 9.10. The van der Waals surface area contributed by atoms with Gasteiger partial charge in [0.2, 0.25) is 0 Å². The molecule has 0 radical (unpaired) electrons. The lowest BCUT2D eigenvalue weighted by atomic mass is 9.86. The van der Waals surface area contributed by atoms with Crippen LogP contribution in [0.1, 0.15) is 36.0 Å². The van der Waals surface area contributed by atoms with Crippen molar-refractivity contribution in [3.63, 3.8) is 0 Å². The summed E-state index contributed by atoms with van der Waals surface area (Å²) >= 11 is 3.06. The topological polar surface area (TPSA) is 66.4 Å². The molecule has 2 rings (SSSR count). The first-order valence-electron chi connectivity index (χ1n) is 6.46. The van der Waals surface area contributed by atoms with Crippen LogP contribution in [0.5, 0.6) is 0 Å². The van der Waals surface area contributed by atoms with Gasteiger partial charge in [-0.25, -0.2) is 4.39 Å². The Kier molecular flexibility index (Phi) is 4.75. The number of carboxylic acids is 1. The first-order chi connectivity index (χ1) is 9.49. The molecular weight excluding hydrogens is 329 g/mol. The summed E-state index contributed by atoms with van der Waals surface area (Å²) in [6.07, 6.45) is 2.39. The maximum absolute atomic E-state index is 13.4. The smallest absolute Gasteiger partial charge is 0.306 e. The Morgan fingerprint density at radius 2 is 1.90 bits per heavy atom. The van der Waals surface area contributed by atoms with Crippen molar-refractivity contribution < 1.29 is 19.1 Å². The summed E-state index contributed by atoms with van der Waals surface area (Å²) < 4.78 is 13.5. The second-order valence-corrected chi connectivity index (χ2v) is 5.75. The van der Waals surface area contributed by atoms with Crippen molar-refractivity contribution in [2.75, 3.05) is 0 Å². The van der Waals surface area contributed by atoms with Gasteiger partial charge in [-0.2, -0.15) is 0 Å². The van der Waals surface area contributed by atoms with E-state index >= 15 is 0 Å². The number of carbonyl (C=O) groups excluding carboxylic acids is 1. The summed E-state index contributed by atoms with van der Waals surface area (Å²) in [7, 11) is 0. The number of nitrogens with one attached hydrogen (secondary N) is 1. The van der Waals surface area contributed by atoms with Crippen LogP contribution in [-0.2, 0) is 4.79 Å². The Morgan fingerprint density at radius 3 is 2.50 bits per heavy atom. The van der Waals surface area contributed by atoms with Crippen molar-refractivity contribution in [1.82, 2.24) is 5.32 Å². The molecule has 20 heavy (non-hydrogen) atoms. The summed E-state index contributed by atoms with van der Waals surface area (Å²) in [5.41, 5.74) is 0.255. The molecule has 1 saturated carbocycles. The van der Waals surface area contributed by atoms with Crippen LogP contribution >= 0.6 is 15.9 Å². The number of hydrogen-bond acceptors (Lipinski definition) is 2. The Hall–Kier alpha value is -1.43. The van der Waals surface area contributed by atoms with E-state index in [-0.39, 0.29) is 27.9 Å². The van der Waals surface area contributed by atoms with Crippen molar-refractivity contribution in [3.05, 3.63) is 34.1 Å². The fourth-order valence-corrected chi connectivity index (χ4v) is 2.87. The molecule has 0 atom stereocenters. The number of amides is 1. The lowest BCUT2D eigenvalue weighted by molar-refractivity contribution is -0.142. The summed E-state index contributed by atoms with van der Waals surface area (Å²) in [6, 6.07) is 4.26. The molecule has 0 spiro atoms. The highest BCUT2D eigenvalue weighted by Crippen LogP contribution is 2.25. The van der Waals surface area contributed by atoms with Crippen LogP contribution in [-0.4, -0.2) is 23.0 Å². The van der Waals surface area contributed by atoms with Crippen molar-refractivity contribution in [3.8, 4) is 0 Å². The lowest BCUT2D eigenvalue weighted by Crippen LogP contribution is -2.38. The fraction of sp³-hybridized carbons (Fsp3) is 0.429. The van der Waals surface area contributed by atoms with Gasteiger partial charge in [-0.3, -0.25) is 9.59 Å². The first-order valence-corrected chi connectivity index (χ1v) is 7.26. The molecule has 0 heterocycles. The van der Waals surface area contributed by atoms with Crippen LogP contribution in [0.15, 0.2) is 22.7 Å². The van der Waals surface area contributed by atoms with Crippen LogP contribution < -0.4 is 5.32 Å². The highest BCUT2D eigenvalue weighted by atomic mass is 79.9. The molecule has 1 fully saturated rings. The van der Waals surface area contributed by atoms with E-state index in [2.05, 4.69) is 21.2 Å². The van der Waals surface area contributed by atoms with Gasteiger partial charge in [-0.1, -0.05) is 6.07 Å². The Labute approximate surface area is 124 Å². The Morgan fingerprint density at radius 1 is 1.25 bits per heavy atom. The average molecular weight is 344 g/mol. The van der Waals surface area contributed by atoms with E-state index in [1.165, 1.54) is 12.1 Å². The maximum Gasteiger partial charge on any atom is 0.306 e. The van der Waals surface area contributed by atoms with Gasteiger partial charge in [-0.15, -0.1) is 0 Å². The van der Waals surface area contributed by atoms with Gasteiger partial charge in [0.25, 0.3) is 5.91 Å². The minimum Gasteiger partial charge on any atom is -0.481 e. The van der Waals surface area contributed by atoms with E-state index in [0.717, 1.165) is 0 Å². The molecule has 1 aliphatic rings. The molecular formula is C14H15BrFNO3. The van der Waals surface area contributed by atoms with Crippen LogP contribution in [0, 0.1) is 11.7 Å². The van der Waals surface area contributed by atoms with E-state index in [9.17, 15) is 14.0 Å². The zero-order chi connectivity index (χ0) is 14.7. The standard InChI is InChI=1S/C14H15BrFNO3/c15-12-10(2-1-3-11(12)16)13(18)17-9-6-4-8(5-7-9)14(19)20/h1-3,8-9H,4-7H2,(H,17,18)(H,19,20). The SMILES string of the molecule is O=C(NC1CCC(C(=O)O)CC1)c1cccc(F)c1Br. The Balaban J connectivity index is 1.96. The molecule has 108 valence electrons. The first kappa shape index (κ1) is 15.0. The van der Waals surface area contributed by atoms with Gasteiger partial charge in [0.15, 0.2) is 0 Å². The number of halogens is 2. The van der Waals surface area contributed by atoms with E-state index in [4.69, 9.17) is 5.11 Å². The third kappa shape index (κ3) is 3.36. The third-order valence-electron chi connectivity index (χ3n) is 3.61. The number of hydrogen-bond donors (Lipinski definition) is 2. The molecule has 0 aliphatic heterocycles. The van der Waals surface area contributed by atoms with Gasteiger partial charge < -0.3 is 10.4 Å². The Bertz CT molecular complexity index is 527. The fourth-order valence-electron chi connectivity index (χ4n) is 2.43. The zero-order valence-corrected chi connectivity index (χ0v) is 12.3. The highest BCUT2D eigenvalue weighted by Gasteiger charge is 2.27. The van der Waals surface area contributed by atoms with E-state index < -0.39 is 11.8 Å². The van der Waals surface area contributed by atoms with Crippen molar-refractivity contribution in [1.29, 1.82) is 0 Å². The van der Waals surface area contributed by atoms with E-state index in [0.29, 0.717) is 25.7 Å². The molecule has 1 aliphatic carbocycles. The monoisotopic (exact) mass is 343 g/mol. The van der Waals surface area contributed by atoms with Crippen molar-refractivity contribution in [2.45, 2.75) is 31.7 Å². The molecule has 0 aromatic heterocycles. The number of aliphatic carboxylic acids is 1. The van der Waals surface area contributed by atoms with Crippen LogP contribution in [0.3, 0.4) is 0 Å². The number of carbonyl (C=O) groups is 2. The molecule has 1 amide bonds. The molecule has 0 unspecified atom stereocenters. The second-order valence-electron chi connectivity index (χ2n) is 4.96. The van der Waals surface area contributed by atoms with Crippen molar-refractivity contribution in [2.24, 2.45) is 5.92 Å². The average Bonchev–Trinajstić information content (AvgIpc) is 2.42. The normalized spacial score (nSPS) is 22.3. The predicted molar refractivity (Wildman–Crippen MR) is 74.9 cm³/mol. The molecule has 2 N–H and O–H groups in total. The summed E-state index contributed by atoms with van der Waals surface area (Å²) in [5.74, 6) is -1.91. The minimum absolute atomic E-state index is 0.0479. The van der Waals surface area contributed by atoms with Crippen LogP contribution in [0.25, 0.3) is 0 Å². The molecule has 1 aromatic carbocycles. The van der Waals surface area contributed by atoms with E-state index in [1.807, 2.05) is 0 Å². The summed E-state index contributed by atoms with van der Waals surface area (Å²) in [4.78, 5) is 22.9. The molecule has 6 heteroatoms. The summed E-state index contributed by atoms with van der Waals surface area (Å²) in [5, 5.41) is 11.8. The number of carboxylic acid groups (broad SMARTS) is 1. The van der Waals surface area contributed by atoms with Gasteiger partial charge >= 0.3 is 5.97 Å². The number of benzene rings is 1. The van der Waals surface area contributed by atoms with Crippen molar-refractivity contribution >= 4 is 27.8 Å². The third-order valence-corrected chi connectivity index (χ3v) is 4.41. The van der Waals surface area contributed by atoms with E-state index in [1.54, 1.807) is 6.07 Å². The quantitative estimate of drug-likeness (QED) is 0.886. The molecule has 4 nitrogen and oxygen atoms in total. The molecule has 1 aromatic rings. The van der Waals surface area contributed by atoms with Gasteiger partial charge in [-0.05, 0) is 53.7 Å². The van der Waals surface area contributed by atoms with Crippen LogP contribution in [0.2, 0.25) is 0 Å². The molecule has 0 saturated heterocycles. The lowest BCUT2D eigenvalue weighted by Gasteiger charge is -2.27. The van der Waals surface area contributed by atoms with Gasteiger partial charge in [0, 0.05) is 6.04 Å². The van der Waals surface area contributed by atoms with Crippen LogP contribution in [0.4, 0.5) is 4.39 Å². The molecule has 0 bridgehead atoms. The maximum atomic E-state index is 13.4. The summed E-state index contributed by atoms with van der Waals surface area (Å²) in [6.45, 7) is 0. The van der Waals surface area contributed by atoms with Gasteiger partial charge in [0.1, 0.15) is 5.82 Å². The van der Waals surface area contributed by atoms with Gasteiger partial charge in [0.05, 0.1) is 16.0 Å². The largest absolute Gasteiger partial charge is 0.481 e. The predicted octanol–water partition coefficient (Wildman–Crippen LogP) is 2.96. The second kappa shape index (κ2) is 6.35. The zero-order valence-electron chi connectivity index (χ0n) is 10.7.